The van der Waals surface area contributed by atoms with Crippen LogP contribution in [0.1, 0.15) is 12.6 Å². The number of carbonyl (C=O) groups excluding carboxylic acids is 1. The molecule has 2 aliphatic heterocycles. The number of hydrogen-bond acceptors (Lipinski definition) is 7. The third-order valence-electron chi connectivity index (χ3n) is 4.41. The van der Waals surface area contributed by atoms with Crippen LogP contribution in [0.25, 0.3) is 5.78 Å². The fraction of sp³-hybridized carbons (Fsp3) is 0.500. The van der Waals surface area contributed by atoms with Crippen LogP contribution in [0.3, 0.4) is 0 Å². The highest BCUT2D eigenvalue weighted by Crippen LogP contribution is 2.20. The van der Waals surface area contributed by atoms with Gasteiger partial charge in [0.15, 0.2) is 0 Å². The number of hydrogen-bond donors (Lipinski definition) is 0. The number of ether oxygens (including phenoxy) is 2. The second-order valence-electron chi connectivity index (χ2n) is 6.09. The average Bonchev–Trinajstić information content (AvgIpc) is 3.09. The van der Waals surface area contributed by atoms with E-state index in [0.29, 0.717) is 56.7 Å². The van der Waals surface area contributed by atoms with Gasteiger partial charge in [0.2, 0.25) is 5.76 Å². The zero-order valence-corrected chi connectivity index (χ0v) is 14.3. The number of carbonyl (C=O) groups is 1. The van der Waals surface area contributed by atoms with Gasteiger partial charge < -0.3 is 19.3 Å². The molecule has 2 aromatic heterocycles. The summed E-state index contributed by atoms with van der Waals surface area (Å²) in [4.78, 5) is 25.2. The molecule has 1 saturated heterocycles. The van der Waals surface area contributed by atoms with Gasteiger partial charge in [0.05, 0.1) is 0 Å². The molecule has 0 atom stereocenters. The predicted octanol–water partition coefficient (Wildman–Crippen LogP) is 0.360. The zero-order chi connectivity index (χ0) is 17.4. The van der Waals surface area contributed by atoms with E-state index in [-0.39, 0.29) is 5.91 Å². The van der Waals surface area contributed by atoms with Crippen LogP contribution in [0.15, 0.2) is 23.9 Å². The largest absolute Gasteiger partial charge is 0.491 e. The molecule has 1 amide bonds. The number of piperazine rings is 1. The summed E-state index contributed by atoms with van der Waals surface area (Å²) in [5, 5.41) is 4.25. The number of aryl methyl sites for hydroxylation is 1. The van der Waals surface area contributed by atoms with E-state index in [0.717, 1.165) is 11.5 Å². The molecule has 1 fully saturated rings. The summed E-state index contributed by atoms with van der Waals surface area (Å²) in [6.45, 7) is 7.24. The van der Waals surface area contributed by atoms with Crippen molar-refractivity contribution in [2.75, 3.05) is 44.3 Å². The van der Waals surface area contributed by atoms with Crippen molar-refractivity contribution in [3.63, 3.8) is 0 Å². The topological polar surface area (TPSA) is 85.1 Å². The van der Waals surface area contributed by atoms with Crippen LogP contribution in [0.2, 0.25) is 0 Å². The minimum Gasteiger partial charge on any atom is -0.491 e. The Balaban J connectivity index is 1.50. The summed E-state index contributed by atoms with van der Waals surface area (Å²) < 4.78 is 12.6. The average molecular weight is 344 g/mol. The Morgan fingerprint density at radius 3 is 2.64 bits per heavy atom. The molecule has 0 N–H and O–H groups in total. The van der Waals surface area contributed by atoms with Crippen molar-refractivity contribution in [1.29, 1.82) is 0 Å². The monoisotopic (exact) mass is 344 g/mol. The first kappa shape index (κ1) is 15.7. The van der Waals surface area contributed by atoms with Gasteiger partial charge in [-0.2, -0.15) is 14.6 Å². The molecule has 4 rings (SSSR count). The van der Waals surface area contributed by atoms with Crippen molar-refractivity contribution in [1.82, 2.24) is 24.5 Å². The smallest absolute Gasteiger partial charge is 0.292 e. The lowest BCUT2D eigenvalue weighted by atomic mass is 10.2. The normalized spacial score (nSPS) is 18.3. The van der Waals surface area contributed by atoms with Gasteiger partial charge in [-0.15, -0.1) is 0 Å². The van der Waals surface area contributed by atoms with Crippen LogP contribution in [-0.2, 0) is 14.3 Å². The molecule has 2 aromatic rings. The highest BCUT2D eigenvalue weighted by atomic mass is 16.6. The summed E-state index contributed by atoms with van der Waals surface area (Å²) in [5.74, 6) is 2.32. The highest BCUT2D eigenvalue weighted by Gasteiger charge is 2.29. The van der Waals surface area contributed by atoms with Gasteiger partial charge >= 0.3 is 0 Å². The molecule has 0 spiro atoms. The third kappa shape index (κ3) is 2.86. The molecule has 0 aromatic carbocycles. The van der Waals surface area contributed by atoms with Crippen molar-refractivity contribution in [2.24, 2.45) is 0 Å². The van der Waals surface area contributed by atoms with E-state index in [1.807, 2.05) is 13.0 Å². The molecule has 25 heavy (non-hydrogen) atoms. The van der Waals surface area contributed by atoms with E-state index >= 15 is 0 Å². The molecular formula is C16H20N6O3. The van der Waals surface area contributed by atoms with E-state index < -0.39 is 0 Å². The molecule has 9 nitrogen and oxygen atoms in total. The van der Waals surface area contributed by atoms with Crippen molar-refractivity contribution in [3.05, 3.63) is 29.6 Å². The Morgan fingerprint density at radius 2 is 1.88 bits per heavy atom. The van der Waals surface area contributed by atoms with Gasteiger partial charge in [-0.05, 0) is 13.8 Å². The summed E-state index contributed by atoms with van der Waals surface area (Å²) in [6, 6.07) is 1.99. The van der Waals surface area contributed by atoms with Crippen molar-refractivity contribution >= 4 is 17.5 Å². The van der Waals surface area contributed by atoms with Crippen molar-refractivity contribution < 1.29 is 14.3 Å². The van der Waals surface area contributed by atoms with E-state index in [9.17, 15) is 4.79 Å². The van der Waals surface area contributed by atoms with E-state index in [4.69, 9.17) is 9.47 Å². The SMILES string of the molecule is CC1=C(C(=O)N2CCN(c3cc(C)nc4ncnn34)CC2)OCCO1. The van der Waals surface area contributed by atoms with Gasteiger partial charge in [-0.25, -0.2) is 4.98 Å². The number of nitrogens with zero attached hydrogens (tertiary/aromatic N) is 6. The molecule has 9 heteroatoms. The number of rotatable bonds is 2. The van der Waals surface area contributed by atoms with Gasteiger partial charge in [0, 0.05) is 37.9 Å². The molecule has 0 aliphatic carbocycles. The molecule has 0 saturated carbocycles. The highest BCUT2D eigenvalue weighted by molar-refractivity contribution is 5.92. The van der Waals surface area contributed by atoms with Gasteiger partial charge in [0.1, 0.15) is 31.1 Å². The Kier molecular flexibility index (Phi) is 3.90. The van der Waals surface area contributed by atoms with Crippen LogP contribution in [0.5, 0.6) is 0 Å². The zero-order valence-electron chi connectivity index (χ0n) is 14.3. The van der Waals surface area contributed by atoms with E-state index in [1.165, 1.54) is 6.33 Å². The summed E-state index contributed by atoms with van der Waals surface area (Å²) in [7, 11) is 0. The fourth-order valence-electron chi connectivity index (χ4n) is 3.14. The molecule has 0 unspecified atom stereocenters. The molecule has 2 aliphatic rings. The molecule has 0 radical (unpaired) electrons. The van der Waals surface area contributed by atoms with Crippen molar-refractivity contribution in [3.8, 4) is 0 Å². The number of allylic oxidation sites excluding steroid dienone is 1. The Bertz CT molecular complexity index is 838. The van der Waals surface area contributed by atoms with Crippen LogP contribution in [-0.4, -0.2) is 69.8 Å². The molecular weight excluding hydrogens is 324 g/mol. The lowest BCUT2D eigenvalue weighted by molar-refractivity contribution is -0.133. The molecule has 0 bridgehead atoms. The van der Waals surface area contributed by atoms with Gasteiger partial charge in [-0.1, -0.05) is 0 Å². The Labute approximate surface area is 144 Å². The predicted molar refractivity (Wildman–Crippen MR) is 88.9 cm³/mol. The fourth-order valence-corrected chi connectivity index (χ4v) is 3.14. The first-order chi connectivity index (χ1) is 12.1. The summed E-state index contributed by atoms with van der Waals surface area (Å²) in [5.41, 5.74) is 0.891. The van der Waals surface area contributed by atoms with Crippen molar-refractivity contribution in [2.45, 2.75) is 13.8 Å². The minimum absolute atomic E-state index is 0.103. The quantitative estimate of drug-likeness (QED) is 0.777. The first-order valence-corrected chi connectivity index (χ1v) is 8.31. The maximum absolute atomic E-state index is 12.6. The Hall–Kier alpha value is -2.84. The van der Waals surface area contributed by atoms with Gasteiger partial charge in [0.25, 0.3) is 11.7 Å². The standard InChI is InChI=1S/C16H20N6O3/c1-11-9-13(22-16(19-11)17-10-18-22)20-3-5-21(6-4-20)15(23)14-12(2)24-7-8-25-14/h9-10H,3-8H2,1-2H3. The van der Waals surface area contributed by atoms with Crippen LogP contribution < -0.4 is 4.90 Å². The van der Waals surface area contributed by atoms with E-state index in [2.05, 4.69) is 20.0 Å². The van der Waals surface area contributed by atoms with Crippen LogP contribution in [0, 0.1) is 6.92 Å². The lowest BCUT2D eigenvalue weighted by Gasteiger charge is -2.36. The van der Waals surface area contributed by atoms with Gasteiger partial charge in [-0.3, -0.25) is 4.79 Å². The molecule has 4 heterocycles. The van der Waals surface area contributed by atoms with Crippen LogP contribution in [0.4, 0.5) is 5.82 Å². The van der Waals surface area contributed by atoms with Crippen LogP contribution >= 0.6 is 0 Å². The maximum atomic E-state index is 12.6. The number of anilines is 1. The Morgan fingerprint density at radius 1 is 1.12 bits per heavy atom. The maximum Gasteiger partial charge on any atom is 0.292 e. The molecule has 132 valence electrons. The summed E-state index contributed by atoms with van der Waals surface area (Å²) in [6.07, 6.45) is 1.50. The minimum atomic E-state index is -0.103. The number of fused-ring (bicyclic) bond motifs is 1. The summed E-state index contributed by atoms with van der Waals surface area (Å²) >= 11 is 0. The second-order valence-corrected chi connectivity index (χ2v) is 6.09. The van der Waals surface area contributed by atoms with E-state index in [1.54, 1.807) is 16.3 Å². The number of aromatic nitrogens is 4. The first-order valence-electron chi connectivity index (χ1n) is 8.31. The second kappa shape index (κ2) is 6.23. The number of amides is 1. The lowest BCUT2D eigenvalue weighted by Crippen LogP contribution is -2.50. The third-order valence-corrected chi connectivity index (χ3v) is 4.41.